The number of para-hydroxylation sites is 3. The summed E-state index contributed by atoms with van der Waals surface area (Å²) in [7, 11) is 0. The first kappa shape index (κ1) is 17.1. The third-order valence-electron chi connectivity index (χ3n) is 9.19. The number of hydrogen-bond acceptors (Lipinski definition) is 0. The summed E-state index contributed by atoms with van der Waals surface area (Å²) in [5.41, 5.74) is 3.69. The van der Waals surface area contributed by atoms with Gasteiger partial charge < -0.3 is 9.13 Å². The summed E-state index contributed by atoms with van der Waals surface area (Å²) in [6.45, 7) is 0. The maximum atomic E-state index is 9.14. The molecular weight excluding hydrogens is 605 g/mol. The van der Waals surface area contributed by atoms with E-state index in [0.29, 0.717) is 27.4 Å². The van der Waals surface area contributed by atoms with Crippen LogP contribution in [-0.4, -0.2) is 9.13 Å². The van der Waals surface area contributed by atoms with Crippen molar-refractivity contribution in [3.8, 4) is 44.8 Å². The average molecular weight is 652 g/mol. The van der Waals surface area contributed by atoms with Crippen molar-refractivity contribution in [2.75, 3.05) is 0 Å². The molecule has 0 fully saturated rings. The Hall–Kier alpha value is -6.64. The van der Waals surface area contributed by atoms with Crippen LogP contribution >= 0.6 is 0 Å². The summed E-state index contributed by atoms with van der Waals surface area (Å²) in [5.74, 6) is 0. The molecule has 2 heteroatoms. The summed E-state index contributed by atoms with van der Waals surface area (Å²) < 4.78 is 134. The monoisotopic (exact) mass is 651 g/mol. The van der Waals surface area contributed by atoms with E-state index in [0.717, 1.165) is 27.5 Å². The second-order valence-corrected chi connectivity index (χ2v) is 11.8. The Bertz CT molecular complexity index is 3510. The highest BCUT2D eigenvalue weighted by Crippen LogP contribution is 2.43. The van der Waals surface area contributed by atoms with Gasteiger partial charge in [-0.25, -0.2) is 0 Å². The molecule has 0 unspecified atom stereocenters. The fourth-order valence-corrected chi connectivity index (χ4v) is 7.15. The molecule has 2 nitrogen and oxygen atoms in total. The van der Waals surface area contributed by atoms with Crippen LogP contribution in [0.4, 0.5) is 0 Å². The molecule has 0 atom stereocenters. The van der Waals surface area contributed by atoms with Crippen LogP contribution < -0.4 is 0 Å². The number of hydrogen-bond donors (Lipinski definition) is 0. The maximum Gasteiger partial charge on any atom is 0.0645 e. The largest absolute Gasteiger partial charge is 0.309 e. The van der Waals surface area contributed by atoms with Crippen molar-refractivity contribution in [3.05, 3.63) is 194 Å². The van der Waals surface area contributed by atoms with E-state index in [4.69, 9.17) is 20.6 Å². The quantitative estimate of drug-likeness (QED) is 0.175. The third-order valence-corrected chi connectivity index (χ3v) is 9.19. The van der Waals surface area contributed by atoms with Crippen molar-refractivity contribution >= 4 is 43.6 Å². The van der Waals surface area contributed by atoms with Crippen molar-refractivity contribution in [2.45, 2.75) is 0 Å². The van der Waals surface area contributed by atoms with Crippen molar-refractivity contribution in [1.29, 1.82) is 0 Å². The predicted molar refractivity (Wildman–Crippen MR) is 211 cm³/mol. The number of benzene rings is 8. The van der Waals surface area contributed by atoms with E-state index < -0.39 is 90.6 Å². The van der Waals surface area contributed by atoms with E-state index >= 15 is 0 Å². The first-order valence-electron chi connectivity index (χ1n) is 23.5. The lowest BCUT2D eigenvalue weighted by Crippen LogP contribution is -1.96. The van der Waals surface area contributed by atoms with E-state index in [9.17, 15) is 0 Å². The molecule has 10 aromatic rings. The maximum absolute atomic E-state index is 9.14. The summed E-state index contributed by atoms with van der Waals surface area (Å²) in [6, 6.07) is 23.2. The Labute approximate surface area is 311 Å². The van der Waals surface area contributed by atoms with Gasteiger partial charge in [-0.2, -0.15) is 0 Å². The van der Waals surface area contributed by atoms with Gasteiger partial charge in [0.05, 0.1) is 42.6 Å². The van der Waals surface area contributed by atoms with Gasteiger partial charge >= 0.3 is 0 Å². The van der Waals surface area contributed by atoms with Gasteiger partial charge in [0.1, 0.15) is 0 Å². The first-order chi connectivity index (χ1) is 31.0. The van der Waals surface area contributed by atoms with Crippen molar-refractivity contribution < 1.29 is 20.6 Å². The Morgan fingerprint density at radius 1 is 0.340 bits per heavy atom. The van der Waals surface area contributed by atoms with Gasteiger partial charge in [0.25, 0.3) is 0 Å². The Balaban J connectivity index is 1.36. The number of aromatic nitrogens is 2. The van der Waals surface area contributed by atoms with Crippen LogP contribution in [0.15, 0.2) is 194 Å². The van der Waals surface area contributed by atoms with Gasteiger partial charge in [-0.1, -0.05) is 145 Å². The fraction of sp³-hybridized carbons (Fsp3) is 0. The van der Waals surface area contributed by atoms with Crippen LogP contribution in [0.3, 0.4) is 0 Å². The van der Waals surface area contributed by atoms with Crippen molar-refractivity contribution in [1.82, 2.24) is 9.13 Å². The van der Waals surface area contributed by atoms with Crippen LogP contribution in [-0.2, 0) is 0 Å². The lowest BCUT2D eigenvalue weighted by atomic mass is 9.87. The second-order valence-electron chi connectivity index (χ2n) is 11.8. The molecule has 10 rings (SSSR count). The zero-order chi connectivity index (χ0) is 46.1. The molecule has 2 aromatic heterocycles. The molecule has 8 aromatic carbocycles. The summed E-state index contributed by atoms with van der Waals surface area (Å²) in [6.07, 6.45) is 0. The van der Waals surface area contributed by atoms with Gasteiger partial charge in [0.2, 0.25) is 0 Å². The second kappa shape index (κ2) is 11.5. The molecule has 0 saturated heterocycles. The highest BCUT2D eigenvalue weighted by Gasteiger charge is 2.19. The summed E-state index contributed by atoms with van der Waals surface area (Å²) >= 11 is 0. The van der Waals surface area contributed by atoms with E-state index in [1.807, 2.05) is 54.6 Å². The molecule has 2 heterocycles. The average Bonchev–Trinajstić information content (AvgIpc) is 3.82. The third kappa shape index (κ3) is 4.43. The van der Waals surface area contributed by atoms with Crippen LogP contribution in [0.25, 0.3) is 88.4 Å². The summed E-state index contributed by atoms with van der Waals surface area (Å²) in [5, 5.41) is 3.34. The Morgan fingerprint density at radius 3 is 1.48 bits per heavy atom. The van der Waals surface area contributed by atoms with Gasteiger partial charge in [0.15, 0.2) is 0 Å². The topological polar surface area (TPSA) is 9.86 Å². The molecule has 0 radical (unpaired) electrons. The molecule has 0 aliphatic heterocycles. The lowest BCUT2D eigenvalue weighted by molar-refractivity contribution is 1.17. The Kier molecular flexibility index (Phi) is 3.95. The standard InChI is InChI=1S/C48H32N2/c1-4-15-33(16-5-1)38-23-14-24-39(34-17-6-2-7-18-34)48(38)35-27-29-42-43-32-37(28-30-46(43)49(47(42)31-35)36-19-8-3-9-20-36)50-44-25-12-10-21-40(44)41-22-11-13-26-45(41)50/h1-32H/i1D,2D,3D,4D,5D,6D,7D,8D,9D,15D,16D,17D,18D,19D,20D. The van der Waals surface area contributed by atoms with Crippen molar-refractivity contribution in [3.63, 3.8) is 0 Å². The minimum absolute atomic E-state index is 0.102. The van der Waals surface area contributed by atoms with Gasteiger partial charge in [-0.05, 0) is 81.9 Å². The number of rotatable bonds is 5. The van der Waals surface area contributed by atoms with Crippen LogP contribution in [0.2, 0.25) is 0 Å². The molecule has 0 aliphatic rings. The van der Waals surface area contributed by atoms with E-state index in [2.05, 4.69) is 16.7 Å². The molecule has 0 bridgehead atoms. The molecule has 0 N–H and O–H groups in total. The van der Waals surface area contributed by atoms with E-state index in [-0.39, 0.29) is 33.5 Å². The smallest absolute Gasteiger partial charge is 0.0645 e. The molecular formula is C48H32N2. The van der Waals surface area contributed by atoms with Crippen molar-refractivity contribution in [2.24, 2.45) is 0 Å². The minimum Gasteiger partial charge on any atom is -0.309 e. The minimum atomic E-state index is -0.614. The van der Waals surface area contributed by atoms with Crippen LogP contribution in [0.5, 0.6) is 0 Å². The van der Waals surface area contributed by atoms with Gasteiger partial charge in [0, 0.05) is 32.9 Å². The number of fused-ring (bicyclic) bond motifs is 6. The summed E-state index contributed by atoms with van der Waals surface area (Å²) in [4.78, 5) is 0. The zero-order valence-electron chi connectivity index (χ0n) is 41.2. The van der Waals surface area contributed by atoms with E-state index in [1.165, 1.54) is 18.2 Å². The molecule has 0 aliphatic carbocycles. The van der Waals surface area contributed by atoms with Gasteiger partial charge in [-0.3, -0.25) is 0 Å². The molecule has 234 valence electrons. The van der Waals surface area contributed by atoms with Crippen LogP contribution in [0.1, 0.15) is 20.6 Å². The normalized spacial score (nSPS) is 15.8. The molecule has 0 spiro atoms. The van der Waals surface area contributed by atoms with E-state index in [1.54, 1.807) is 22.8 Å². The first-order valence-corrected chi connectivity index (χ1v) is 16.0. The molecule has 50 heavy (non-hydrogen) atoms. The zero-order valence-corrected chi connectivity index (χ0v) is 26.2. The SMILES string of the molecule is [2H]c1c([2H])c([2H])c(-c2cccc(-c3c([2H])c([2H])c([2H])c([2H])c3[2H])c2-c2ccc3c4cc(-n5c6ccccc6c6ccccc65)ccc4n(-c4c([2H])c([2H])c([2H])c([2H])c4[2H])c3c2)c([2H])c1[2H]. The molecule has 0 saturated carbocycles. The lowest BCUT2D eigenvalue weighted by Gasteiger charge is -2.17. The highest BCUT2D eigenvalue weighted by molar-refractivity contribution is 6.13. The predicted octanol–water partition coefficient (Wildman–Crippen LogP) is 12.9. The fourth-order valence-electron chi connectivity index (χ4n) is 7.15. The van der Waals surface area contributed by atoms with Crippen LogP contribution in [0, 0.1) is 0 Å². The van der Waals surface area contributed by atoms with Gasteiger partial charge in [-0.15, -0.1) is 0 Å². The number of nitrogens with zero attached hydrogens (tertiary/aromatic N) is 2. The Morgan fingerprint density at radius 2 is 0.860 bits per heavy atom. The highest BCUT2D eigenvalue weighted by atomic mass is 15.0. The molecule has 0 amide bonds.